The Hall–Kier alpha value is -8.29. The molecule has 3 atom stereocenters. The summed E-state index contributed by atoms with van der Waals surface area (Å²) in [4.78, 5) is 96.3. The molecule has 0 saturated heterocycles. The highest BCUT2D eigenvalue weighted by Crippen LogP contribution is 2.48. The summed E-state index contributed by atoms with van der Waals surface area (Å²) in [6.45, 7) is 2.35. The number of carbonyl (C=O) groups excluding carboxylic acids is 6. The Balaban J connectivity index is 0.673. The quantitative estimate of drug-likeness (QED) is 0.0323. The molecule has 78 heavy (non-hydrogen) atoms. The van der Waals surface area contributed by atoms with Crippen LogP contribution in [0.25, 0.3) is 33.4 Å². The standard InChI is InChI=1S/C59H60FN7O11/c1-3-59(75)44-24-48-54-41(29-67(48)56(72)43(44)31-77-57(59)73)52-35(20-21-36-33(2)45(60)25-46(66-54)53(36)52)15-11-12-22-76-32-64-50(69)26-62-55(71)47(23-34-13-5-4-6-14-34)65-51(70)28-61-49(68)27-63-58(74)78-30-42-39-18-9-7-16-37(39)38-17-8-10-19-40(38)42/h4-10,13-14,16-19,24-25,35,42,47,75H,3,11-12,15,20-23,26-32H2,1-2H3,(H,61,68)(H,62,71)(H,63,74)(H,64,69)(H,65,70)/t35?,47-,59-/m0/s1. The summed E-state index contributed by atoms with van der Waals surface area (Å²) >= 11 is 0. The fraction of sp³-hybridized carbons (Fsp3) is 0.356. The number of nitrogens with one attached hydrogen (secondary N) is 5. The van der Waals surface area contributed by atoms with E-state index >= 15 is 4.39 Å². The normalized spacial score (nSPS) is 16.9. The number of cyclic esters (lactones) is 1. The number of nitrogens with zero attached hydrogens (tertiary/aromatic N) is 2. The van der Waals surface area contributed by atoms with Crippen LogP contribution in [0.1, 0.15) is 101 Å². The maximum absolute atomic E-state index is 15.4. The summed E-state index contributed by atoms with van der Waals surface area (Å²) in [7, 11) is 0. The van der Waals surface area contributed by atoms with Gasteiger partial charge < -0.3 is 50.5 Å². The first-order valence-corrected chi connectivity index (χ1v) is 26.4. The lowest BCUT2D eigenvalue weighted by molar-refractivity contribution is -0.172. The molecule has 18 nitrogen and oxygen atoms in total. The zero-order chi connectivity index (χ0) is 54.7. The number of fused-ring (bicyclic) bond motifs is 8. The van der Waals surface area contributed by atoms with Crippen molar-refractivity contribution in [1.82, 2.24) is 36.1 Å². The van der Waals surface area contributed by atoms with Crippen molar-refractivity contribution in [2.24, 2.45) is 0 Å². The number of aliphatic hydroxyl groups is 1. The highest BCUT2D eigenvalue weighted by Gasteiger charge is 2.46. The van der Waals surface area contributed by atoms with Crippen molar-refractivity contribution in [3.8, 4) is 22.5 Å². The van der Waals surface area contributed by atoms with Gasteiger partial charge >= 0.3 is 12.1 Å². The van der Waals surface area contributed by atoms with E-state index in [1.54, 1.807) is 48.7 Å². The molecule has 19 heteroatoms. The van der Waals surface area contributed by atoms with Crippen molar-refractivity contribution in [2.75, 3.05) is 39.6 Å². The minimum Gasteiger partial charge on any atom is -0.458 e. The predicted octanol–water partition coefficient (Wildman–Crippen LogP) is 5.32. The fourth-order valence-corrected chi connectivity index (χ4v) is 11.4. The van der Waals surface area contributed by atoms with E-state index in [1.165, 1.54) is 6.07 Å². The molecule has 2 aromatic heterocycles. The van der Waals surface area contributed by atoms with E-state index in [0.717, 1.165) is 69.2 Å². The predicted molar refractivity (Wildman–Crippen MR) is 284 cm³/mol. The molecule has 0 saturated carbocycles. The molecule has 2 aliphatic heterocycles. The Labute approximate surface area is 448 Å². The largest absolute Gasteiger partial charge is 0.458 e. The molecular weight excluding hydrogens is 1000 g/mol. The van der Waals surface area contributed by atoms with Crippen LogP contribution in [-0.2, 0) is 69.8 Å². The summed E-state index contributed by atoms with van der Waals surface area (Å²) in [6.07, 6.45) is 2.90. The number of pyridine rings is 2. The van der Waals surface area contributed by atoms with Crippen molar-refractivity contribution >= 4 is 46.6 Å². The number of halogens is 1. The Morgan fingerprint density at radius 2 is 1.54 bits per heavy atom. The lowest BCUT2D eigenvalue weighted by Gasteiger charge is -2.31. The minimum atomic E-state index is -1.98. The smallest absolute Gasteiger partial charge is 0.407 e. The van der Waals surface area contributed by atoms with Crippen molar-refractivity contribution in [1.29, 1.82) is 0 Å². The maximum Gasteiger partial charge on any atom is 0.407 e. The number of aryl methyl sites for hydroxylation is 1. The van der Waals surface area contributed by atoms with Crippen molar-refractivity contribution in [3.63, 3.8) is 0 Å². The van der Waals surface area contributed by atoms with Gasteiger partial charge in [-0.05, 0) is 95.5 Å². The van der Waals surface area contributed by atoms with Crippen molar-refractivity contribution < 1.29 is 52.5 Å². The topological polar surface area (TPSA) is 245 Å². The average Bonchev–Trinajstić information content (AvgIpc) is 4.04. The molecule has 4 aromatic carbocycles. The second-order valence-electron chi connectivity index (χ2n) is 20.2. The third-order valence-electron chi connectivity index (χ3n) is 15.5. The number of rotatable bonds is 20. The number of hydrogen-bond acceptors (Lipinski definition) is 12. The van der Waals surface area contributed by atoms with E-state index in [-0.39, 0.29) is 73.7 Å². The van der Waals surface area contributed by atoms with Crippen LogP contribution in [-0.4, -0.2) is 96.0 Å². The van der Waals surface area contributed by atoms with Gasteiger partial charge in [0.15, 0.2) is 5.60 Å². The summed E-state index contributed by atoms with van der Waals surface area (Å²) in [5, 5.41) is 25.0. The fourth-order valence-electron chi connectivity index (χ4n) is 11.4. The number of hydrogen-bond donors (Lipinski definition) is 6. The number of ether oxygens (including phenoxy) is 3. The van der Waals surface area contributed by atoms with Crippen LogP contribution in [0.15, 0.2) is 95.8 Å². The van der Waals surface area contributed by atoms with E-state index < -0.39 is 67.0 Å². The molecule has 2 aliphatic carbocycles. The Bertz CT molecular complexity index is 3390. The lowest BCUT2D eigenvalue weighted by Crippen LogP contribution is -2.52. The molecule has 6 N–H and O–H groups in total. The molecule has 0 radical (unpaired) electrons. The lowest BCUT2D eigenvalue weighted by atomic mass is 9.76. The van der Waals surface area contributed by atoms with Gasteiger partial charge in [0.25, 0.3) is 5.56 Å². The molecule has 0 fully saturated rings. The Morgan fingerprint density at radius 1 is 0.846 bits per heavy atom. The van der Waals surface area contributed by atoms with Crippen molar-refractivity contribution in [3.05, 3.63) is 157 Å². The van der Waals surface area contributed by atoms with Gasteiger partial charge in [0, 0.05) is 41.5 Å². The van der Waals surface area contributed by atoms with Crippen LogP contribution in [0.2, 0.25) is 0 Å². The number of unbranched alkanes of at least 4 members (excludes halogenated alkanes) is 1. The van der Waals surface area contributed by atoms with Gasteiger partial charge in [0.05, 0.1) is 42.1 Å². The molecule has 5 amide bonds. The van der Waals surface area contributed by atoms with E-state index in [9.17, 15) is 38.7 Å². The number of alkyl carbamates (subject to hydrolysis) is 1. The number of amides is 5. The first-order valence-electron chi connectivity index (χ1n) is 26.4. The second kappa shape index (κ2) is 22.7. The summed E-state index contributed by atoms with van der Waals surface area (Å²) < 4.78 is 33.5. The molecule has 6 aromatic rings. The van der Waals surface area contributed by atoms with Gasteiger partial charge in [-0.3, -0.25) is 24.0 Å². The van der Waals surface area contributed by atoms with Gasteiger partial charge in [0.2, 0.25) is 23.6 Å². The molecule has 0 spiro atoms. The Morgan fingerprint density at radius 3 is 2.28 bits per heavy atom. The van der Waals surface area contributed by atoms with Gasteiger partial charge in [-0.1, -0.05) is 92.2 Å². The van der Waals surface area contributed by atoms with Crippen LogP contribution in [0.5, 0.6) is 0 Å². The summed E-state index contributed by atoms with van der Waals surface area (Å²) in [5.74, 6) is -3.73. The number of carbonyl (C=O) groups is 6. The van der Waals surface area contributed by atoms with Crippen LogP contribution >= 0.6 is 0 Å². The number of esters is 1. The zero-order valence-corrected chi connectivity index (χ0v) is 43.3. The third-order valence-corrected chi connectivity index (χ3v) is 15.5. The molecule has 404 valence electrons. The van der Waals surface area contributed by atoms with Gasteiger partial charge in [-0.25, -0.2) is 19.0 Å². The van der Waals surface area contributed by atoms with Gasteiger partial charge in [-0.2, -0.15) is 0 Å². The second-order valence-corrected chi connectivity index (χ2v) is 20.2. The number of aromatic nitrogens is 2. The van der Waals surface area contributed by atoms with E-state index in [4.69, 9.17) is 19.2 Å². The van der Waals surface area contributed by atoms with Gasteiger partial charge in [-0.15, -0.1) is 0 Å². The van der Waals surface area contributed by atoms with Crippen molar-refractivity contribution in [2.45, 2.75) is 95.4 Å². The molecule has 0 bridgehead atoms. The maximum atomic E-state index is 15.4. The molecule has 10 rings (SSSR count). The van der Waals surface area contributed by atoms with Crippen LogP contribution < -0.4 is 32.1 Å². The first kappa shape index (κ1) is 53.1. The van der Waals surface area contributed by atoms with Crippen LogP contribution in [0.4, 0.5) is 9.18 Å². The third kappa shape index (κ3) is 10.6. The average molecular weight is 1060 g/mol. The highest BCUT2D eigenvalue weighted by molar-refractivity contribution is 5.94. The molecule has 4 aliphatic rings. The highest BCUT2D eigenvalue weighted by atomic mass is 19.1. The van der Waals surface area contributed by atoms with Crippen LogP contribution in [0, 0.1) is 12.7 Å². The monoisotopic (exact) mass is 1060 g/mol. The van der Waals surface area contributed by atoms with E-state index in [0.29, 0.717) is 41.9 Å². The first-order chi connectivity index (χ1) is 37.7. The number of benzene rings is 4. The minimum absolute atomic E-state index is 0.0120. The van der Waals surface area contributed by atoms with Gasteiger partial charge in [0.1, 0.15) is 38.3 Å². The summed E-state index contributed by atoms with van der Waals surface area (Å²) in [5.41, 5.74) is 7.96. The summed E-state index contributed by atoms with van der Waals surface area (Å²) in [6, 6.07) is 26.8. The van der Waals surface area contributed by atoms with Crippen LogP contribution in [0.3, 0.4) is 0 Å². The SMILES string of the molecule is CC[C@@]1(O)C(=O)OCc2c1cc1n(c2=O)Cc2c-1nc1cc(F)c(C)c3c1c2C(CCCCOCNC(=O)CNC(=O)[C@H](Cc1ccccc1)NC(=O)CNC(=O)CNC(=O)OCC1c2ccccc2-c2ccccc21)CC3. The molecular formula is C59H60FN7O11. The zero-order valence-electron chi connectivity index (χ0n) is 43.3. The molecule has 1 unspecified atom stereocenters. The van der Waals surface area contributed by atoms with E-state index in [1.807, 2.05) is 54.6 Å². The Kier molecular flexibility index (Phi) is 15.5. The molecule has 4 heterocycles. The van der Waals surface area contributed by atoms with E-state index in [2.05, 4.69) is 26.6 Å².